The highest BCUT2D eigenvalue weighted by Gasteiger charge is 2.07. The molecule has 0 fully saturated rings. The Labute approximate surface area is 148 Å². The van der Waals surface area contributed by atoms with Crippen molar-refractivity contribution >= 4 is 29.0 Å². The van der Waals surface area contributed by atoms with Crippen LogP contribution < -0.4 is 5.32 Å². The predicted molar refractivity (Wildman–Crippen MR) is 95.5 cm³/mol. The van der Waals surface area contributed by atoms with Crippen molar-refractivity contribution < 1.29 is 4.79 Å². The van der Waals surface area contributed by atoms with E-state index in [9.17, 15) is 4.79 Å². The first-order valence-electron chi connectivity index (χ1n) is 7.48. The van der Waals surface area contributed by atoms with Crippen LogP contribution in [-0.4, -0.2) is 38.2 Å². The van der Waals surface area contributed by atoms with Gasteiger partial charge in [0.1, 0.15) is 5.01 Å². The van der Waals surface area contributed by atoms with Crippen molar-refractivity contribution in [1.29, 1.82) is 0 Å². The summed E-state index contributed by atoms with van der Waals surface area (Å²) in [7, 11) is 0. The zero-order valence-electron chi connectivity index (χ0n) is 13.2. The molecule has 3 rings (SSSR count). The minimum Gasteiger partial charge on any atom is -0.351 e. The summed E-state index contributed by atoms with van der Waals surface area (Å²) in [6, 6.07) is 9.49. The van der Waals surface area contributed by atoms with Gasteiger partial charge in [-0.05, 0) is 30.7 Å². The van der Waals surface area contributed by atoms with Gasteiger partial charge in [0.05, 0.1) is 6.54 Å². The van der Waals surface area contributed by atoms with Crippen molar-refractivity contribution in [2.45, 2.75) is 17.8 Å². The number of rotatable bonds is 7. The Morgan fingerprint density at radius 2 is 2.25 bits per heavy atom. The largest absolute Gasteiger partial charge is 0.351 e. The van der Waals surface area contributed by atoms with Crippen LogP contribution in [0.15, 0.2) is 47.1 Å². The third-order valence-electron chi connectivity index (χ3n) is 3.21. The van der Waals surface area contributed by atoms with Crippen molar-refractivity contribution in [3.05, 3.63) is 58.9 Å². The van der Waals surface area contributed by atoms with Crippen molar-refractivity contribution in [2.75, 3.05) is 12.3 Å². The molecule has 0 aliphatic carbocycles. The molecule has 3 aromatic rings. The lowest BCUT2D eigenvalue weighted by molar-refractivity contribution is 0.0956. The summed E-state index contributed by atoms with van der Waals surface area (Å²) >= 11 is 3.17. The van der Waals surface area contributed by atoms with Crippen molar-refractivity contribution in [2.24, 2.45) is 0 Å². The van der Waals surface area contributed by atoms with Crippen molar-refractivity contribution in [3.8, 4) is 0 Å². The molecular formula is C16H17N5OS2. The number of benzene rings is 1. The summed E-state index contributed by atoms with van der Waals surface area (Å²) in [6.07, 6.45) is 3.65. The van der Waals surface area contributed by atoms with Gasteiger partial charge in [-0.15, -0.1) is 10.2 Å². The summed E-state index contributed by atoms with van der Waals surface area (Å²) < 4.78 is 2.76. The highest BCUT2D eigenvalue weighted by molar-refractivity contribution is 8.01. The van der Waals surface area contributed by atoms with E-state index < -0.39 is 0 Å². The molecule has 8 heteroatoms. The molecule has 0 unspecified atom stereocenters. The van der Waals surface area contributed by atoms with Crippen LogP contribution in [-0.2, 0) is 6.54 Å². The number of nitrogens with zero attached hydrogens (tertiary/aromatic N) is 4. The van der Waals surface area contributed by atoms with Gasteiger partial charge in [-0.2, -0.15) is 5.10 Å². The highest BCUT2D eigenvalue weighted by atomic mass is 32.2. The van der Waals surface area contributed by atoms with Gasteiger partial charge in [-0.3, -0.25) is 9.48 Å². The van der Waals surface area contributed by atoms with Crippen LogP contribution in [0.4, 0.5) is 0 Å². The third-order valence-corrected chi connectivity index (χ3v) is 5.19. The van der Waals surface area contributed by atoms with Crippen molar-refractivity contribution in [3.63, 3.8) is 0 Å². The molecule has 1 N–H and O–H groups in total. The summed E-state index contributed by atoms with van der Waals surface area (Å²) in [5, 5.41) is 16.1. The van der Waals surface area contributed by atoms with Gasteiger partial charge in [-0.25, -0.2) is 0 Å². The Bertz CT molecular complexity index is 800. The van der Waals surface area contributed by atoms with E-state index in [-0.39, 0.29) is 5.91 Å². The van der Waals surface area contributed by atoms with Gasteiger partial charge >= 0.3 is 0 Å². The Morgan fingerprint density at radius 3 is 3.00 bits per heavy atom. The zero-order valence-corrected chi connectivity index (χ0v) is 14.8. The van der Waals surface area contributed by atoms with E-state index in [0.717, 1.165) is 20.7 Å². The maximum absolute atomic E-state index is 12.2. The summed E-state index contributed by atoms with van der Waals surface area (Å²) in [5.74, 6) is 0.708. The standard InChI is InChI=1S/C16H17N5OS2/c1-12-19-20-16(24-12)23-9-7-17-15(22)14-5-2-4-13(10-14)11-21-8-3-6-18-21/h2-6,8,10H,7,9,11H2,1H3,(H,17,22). The fraction of sp³-hybridized carbons (Fsp3) is 0.250. The molecule has 2 aromatic heterocycles. The molecule has 0 radical (unpaired) electrons. The van der Waals surface area contributed by atoms with Gasteiger partial charge in [-0.1, -0.05) is 35.2 Å². The van der Waals surface area contributed by atoms with E-state index >= 15 is 0 Å². The topological polar surface area (TPSA) is 72.7 Å². The van der Waals surface area contributed by atoms with Crippen LogP contribution in [0.3, 0.4) is 0 Å². The van der Waals surface area contributed by atoms with Gasteiger partial charge in [0.25, 0.3) is 5.91 Å². The third kappa shape index (κ3) is 4.65. The fourth-order valence-corrected chi connectivity index (χ4v) is 3.87. The van der Waals surface area contributed by atoms with Crippen LogP contribution in [0.5, 0.6) is 0 Å². The molecule has 0 saturated carbocycles. The quantitative estimate of drug-likeness (QED) is 0.518. The Kier molecular flexibility index (Phi) is 5.60. The predicted octanol–water partition coefficient (Wildman–Crippen LogP) is 2.61. The van der Waals surface area contributed by atoms with Gasteiger partial charge < -0.3 is 5.32 Å². The number of thioether (sulfide) groups is 1. The molecule has 0 aliphatic heterocycles. The lowest BCUT2D eigenvalue weighted by Gasteiger charge is -2.07. The van der Waals surface area contributed by atoms with Crippen LogP contribution in [0.2, 0.25) is 0 Å². The van der Waals surface area contributed by atoms with Crippen LogP contribution in [0.25, 0.3) is 0 Å². The van der Waals surface area contributed by atoms with Crippen LogP contribution in [0, 0.1) is 6.92 Å². The highest BCUT2D eigenvalue weighted by Crippen LogP contribution is 2.20. The number of carbonyl (C=O) groups is 1. The minimum atomic E-state index is -0.0636. The molecule has 24 heavy (non-hydrogen) atoms. The van der Waals surface area contributed by atoms with E-state index in [1.165, 1.54) is 0 Å². The minimum absolute atomic E-state index is 0.0636. The molecule has 124 valence electrons. The molecule has 0 saturated heterocycles. The second-order valence-corrected chi connectivity index (χ2v) is 7.62. The number of nitrogens with one attached hydrogen (secondary N) is 1. The first kappa shape index (κ1) is 16.7. The smallest absolute Gasteiger partial charge is 0.251 e. The van der Waals surface area contributed by atoms with Crippen molar-refractivity contribution in [1.82, 2.24) is 25.3 Å². The number of aryl methyl sites for hydroxylation is 1. The number of carbonyl (C=O) groups excluding carboxylic acids is 1. The number of amides is 1. The molecule has 0 bridgehead atoms. The zero-order chi connectivity index (χ0) is 16.8. The fourth-order valence-electron chi connectivity index (χ4n) is 2.13. The Morgan fingerprint density at radius 1 is 1.33 bits per heavy atom. The average Bonchev–Trinajstić information content (AvgIpc) is 3.23. The monoisotopic (exact) mass is 359 g/mol. The number of aromatic nitrogens is 4. The van der Waals surface area contributed by atoms with E-state index in [1.807, 2.05) is 48.1 Å². The molecule has 2 heterocycles. The summed E-state index contributed by atoms with van der Waals surface area (Å²) in [5.41, 5.74) is 1.71. The number of hydrogen-bond donors (Lipinski definition) is 1. The SMILES string of the molecule is Cc1nnc(SCCNC(=O)c2cccc(Cn3cccn3)c2)s1. The summed E-state index contributed by atoms with van der Waals surface area (Å²) in [4.78, 5) is 12.2. The molecule has 1 amide bonds. The Balaban J connectivity index is 1.49. The first-order valence-corrected chi connectivity index (χ1v) is 9.28. The maximum atomic E-state index is 12.2. The maximum Gasteiger partial charge on any atom is 0.251 e. The Hall–Kier alpha value is -2.19. The van der Waals surface area contributed by atoms with Gasteiger partial charge in [0, 0.05) is 30.3 Å². The van der Waals surface area contributed by atoms with Gasteiger partial charge in [0.15, 0.2) is 4.34 Å². The lowest BCUT2D eigenvalue weighted by atomic mass is 10.1. The van der Waals surface area contributed by atoms with E-state index in [1.54, 1.807) is 29.3 Å². The summed E-state index contributed by atoms with van der Waals surface area (Å²) in [6.45, 7) is 3.17. The van der Waals surface area contributed by atoms with E-state index in [4.69, 9.17) is 0 Å². The van der Waals surface area contributed by atoms with E-state index in [0.29, 0.717) is 18.7 Å². The molecule has 1 aromatic carbocycles. The lowest BCUT2D eigenvalue weighted by Crippen LogP contribution is -2.25. The normalized spacial score (nSPS) is 10.7. The van der Waals surface area contributed by atoms with Crippen LogP contribution in [0.1, 0.15) is 20.9 Å². The molecule has 0 atom stereocenters. The molecular weight excluding hydrogens is 342 g/mol. The van der Waals surface area contributed by atoms with Crippen LogP contribution >= 0.6 is 23.1 Å². The van der Waals surface area contributed by atoms with E-state index in [2.05, 4.69) is 20.6 Å². The molecule has 0 aliphatic rings. The molecule has 0 spiro atoms. The second-order valence-electron chi connectivity index (χ2n) is 5.10. The second kappa shape index (κ2) is 8.07. The average molecular weight is 359 g/mol. The molecule has 6 nitrogen and oxygen atoms in total. The van der Waals surface area contributed by atoms with Gasteiger partial charge in [0.2, 0.25) is 0 Å². The first-order chi connectivity index (χ1) is 11.7. The number of hydrogen-bond acceptors (Lipinski definition) is 6.